The summed E-state index contributed by atoms with van der Waals surface area (Å²) in [5.41, 5.74) is 3.67. The quantitative estimate of drug-likeness (QED) is 0.780. The zero-order valence-corrected chi connectivity index (χ0v) is 12.8. The lowest BCUT2D eigenvalue weighted by Gasteiger charge is -2.10. The molecule has 0 bridgehead atoms. The molecule has 1 aliphatic heterocycles. The number of benzene rings is 2. The van der Waals surface area contributed by atoms with Crippen LogP contribution in [0.5, 0.6) is 11.5 Å². The number of carbonyl (C=O) groups excluding carboxylic acids is 1. The van der Waals surface area contributed by atoms with Crippen LogP contribution < -0.4 is 14.8 Å². The molecule has 1 atom stereocenters. The number of amides is 1. The second-order valence-corrected chi connectivity index (χ2v) is 5.53. The minimum atomic E-state index is -0.360. The van der Waals surface area contributed by atoms with Crippen molar-refractivity contribution in [3.8, 4) is 11.5 Å². The van der Waals surface area contributed by atoms with Gasteiger partial charge in [0.2, 0.25) is 5.91 Å². The maximum atomic E-state index is 12.5. The third-order valence-corrected chi connectivity index (χ3v) is 4.32. The van der Waals surface area contributed by atoms with E-state index in [0.29, 0.717) is 0 Å². The van der Waals surface area contributed by atoms with Crippen LogP contribution in [0.4, 0.5) is 5.69 Å². The van der Waals surface area contributed by atoms with E-state index < -0.39 is 0 Å². The van der Waals surface area contributed by atoms with E-state index in [2.05, 4.69) is 10.3 Å². The van der Waals surface area contributed by atoms with Crippen LogP contribution >= 0.6 is 0 Å². The molecule has 5 nitrogen and oxygen atoms in total. The topological polar surface area (TPSA) is 63.4 Å². The lowest BCUT2D eigenvalue weighted by atomic mass is 9.92. The molecule has 116 valence electrons. The number of aromatic nitrogens is 1. The third kappa shape index (κ3) is 2.04. The number of hydrogen-bond acceptors (Lipinski definition) is 3. The van der Waals surface area contributed by atoms with E-state index in [-0.39, 0.29) is 11.8 Å². The van der Waals surface area contributed by atoms with Gasteiger partial charge in [-0.2, -0.15) is 0 Å². The monoisotopic (exact) mass is 308 g/mol. The van der Waals surface area contributed by atoms with E-state index in [0.717, 1.165) is 39.2 Å². The first-order chi connectivity index (χ1) is 11.2. The summed E-state index contributed by atoms with van der Waals surface area (Å²) in [7, 11) is 3.26. The van der Waals surface area contributed by atoms with Crippen molar-refractivity contribution in [2.75, 3.05) is 19.5 Å². The van der Waals surface area contributed by atoms with Crippen LogP contribution in [0.2, 0.25) is 0 Å². The molecule has 4 rings (SSSR count). The second-order valence-electron chi connectivity index (χ2n) is 5.53. The number of anilines is 1. The van der Waals surface area contributed by atoms with Gasteiger partial charge in [-0.05, 0) is 47.5 Å². The SMILES string of the molecule is COc1ccc2c(c1)C(c1c[nH]c3ccc(OC)cc13)C(=O)N2. The summed E-state index contributed by atoms with van der Waals surface area (Å²) in [5, 5.41) is 3.93. The standard InChI is InChI=1S/C18H16N2O3/c1-22-10-3-5-15-12(7-10)14(9-19-15)17-13-8-11(23-2)4-6-16(13)20-18(17)21/h3-9,17,19H,1-2H3,(H,20,21). The highest BCUT2D eigenvalue weighted by molar-refractivity contribution is 6.07. The molecule has 2 aromatic carbocycles. The van der Waals surface area contributed by atoms with Gasteiger partial charge in [-0.15, -0.1) is 0 Å². The van der Waals surface area contributed by atoms with Gasteiger partial charge in [-0.3, -0.25) is 4.79 Å². The average Bonchev–Trinajstić information content (AvgIpc) is 3.13. The van der Waals surface area contributed by atoms with Gasteiger partial charge in [0.05, 0.1) is 20.1 Å². The Kier molecular flexibility index (Phi) is 3.01. The highest BCUT2D eigenvalue weighted by atomic mass is 16.5. The first-order valence-corrected chi connectivity index (χ1v) is 7.35. The smallest absolute Gasteiger partial charge is 0.236 e. The summed E-state index contributed by atoms with van der Waals surface area (Å²) in [4.78, 5) is 15.8. The number of aromatic amines is 1. The van der Waals surface area contributed by atoms with Gasteiger partial charge in [-0.25, -0.2) is 0 Å². The molecule has 2 N–H and O–H groups in total. The number of carbonyl (C=O) groups is 1. The third-order valence-electron chi connectivity index (χ3n) is 4.32. The molecule has 3 aromatic rings. The van der Waals surface area contributed by atoms with E-state index in [1.54, 1.807) is 14.2 Å². The van der Waals surface area contributed by atoms with Crippen molar-refractivity contribution >= 4 is 22.5 Å². The Morgan fingerprint density at radius 2 is 1.70 bits per heavy atom. The van der Waals surface area contributed by atoms with Gasteiger partial charge in [-0.1, -0.05) is 0 Å². The largest absolute Gasteiger partial charge is 0.497 e. The fraction of sp³-hybridized carbons (Fsp3) is 0.167. The highest BCUT2D eigenvalue weighted by Gasteiger charge is 2.34. The number of hydrogen-bond donors (Lipinski definition) is 2. The van der Waals surface area contributed by atoms with E-state index in [4.69, 9.17) is 9.47 Å². The maximum absolute atomic E-state index is 12.5. The van der Waals surface area contributed by atoms with Crippen molar-refractivity contribution in [3.05, 3.63) is 53.7 Å². The van der Waals surface area contributed by atoms with Gasteiger partial charge in [0.1, 0.15) is 11.5 Å². The lowest BCUT2D eigenvalue weighted by molar-refractivity contribution is -0.116. The number of nitrogens with one attached hydrogen (secondary N) is 2. The van der Waals surface area contributed by atoms with Crippen LogP contribution in [0.25, 0.3) is 10.9 Å². The number of fused-ring (bicyclic) bond motifs is 2. The van der Waals surface area contributed by atoms with Gasteiger partial charge >= 0.3 is 0 Å². The number of rotatable bonds is 3. The number of methoxy groups -OCH3 is 2. The van der Waals surface area contributed by atoms with Crippen LogP contribution in [0.3, 0.4) is 0 Å². The summed E-state index contributed by atoms with van der Waals surface area (Å²) in [6, 6.07) is 11.4. The molecule has 0 radical (unpaired) electrons. The Morgan fingerprint density at radius 1 is 0.957 bits per heavy atom. The lowest BCUT2D eigenvalue weighted by Crippen LogP contribution is -2.12. The molecule has 5 heteroatoms. The fourth-order valence-corrected chi connectivity index (χ4v) is 3.16. The first-order valence-electron chi connectivity index (χ1n) is 7.35. The highest BCUT2D eigenvalue weighted by Crippen LogP contribution is 2.41. The predicted molar refractivity (Wildman–Crippen MR) is 88.3 cm³/mol. The van der Waals surface area contributed by atoms with Crippen LogP contribution in [0.1, 0.15) is 17.0 Å². The normalized spacial score (nSPS) is 16.3. The molecule has 0 saturated heterocycles. The van der Waals surface area contributed by atoms with Crippen molar-refractivity contribution in [1.29, 1.82) is 0 Å². The van der Waals surface area contributed by atoms with Gasteiger partial charge in [0.25, 0.3) is 0 Å². The zero-order valence-electron chi connectivity index (χ0n) is 12.8. The minimum absolute atomic E-state index is 0.0306. The van der Waals surface area contributed by atoms with Crippen LogP contribution in [-0.4, -0.2) is 25.1 Å². The minimum Gasteiger partial charge on any atom is -0.497 e. The van der Waals surface area contributed by atoms with Gasteiger partial charge in [0.15, 0.2) is 0 Å². The van der Waals surface area contributed by atoms with Crippen molar-refractivity contribution in [2.24, 2.45) is 0 Å². The Morgan fingerprint density at radius 3 is 2.48 bits per heavy atom. The van der Waals surface area contributed by atoms with Gasteiger partial charge < -0.3 is 19.8 Å². The Labute approximate surface area is 133 Å². The molecule has 1 aromatic heterocycles. The van der Waals surface area contributed by atoms with Crippen LogP contribution in [-0.2, 0) is 4.79 Å². The summed E-state index contributed by atoms with van der Waals surface area (Å²) in [6.07, 6.45) is 1.89. The molecule has 0 fully saturated rings. The van der Waals surface area contributed by atoms with Crippen molar-refractivity contribution in [2.45, 2.75) is 5.92 Å². The summed E-state index contributed by atoms with van der Waals surface area (Å²) < 4.78 is 10.6. The molecular weight excluding hydrogens is 292 g/mol. The molecule has 1 amide bonds. The van der Waals surface area contributed by atoms with Crippen molar-refractivity contribution in [3.63, 3.8) is 0 Å². The Hall–Kier alpha value is -2.95. The van der Waals surface area contributed by atoms with Crippen LogP contribution in [0, 0.1) is 0 Å². The van der Waals surface area contributed by atoms with Crippen molar-refractivity contribution < 1.29 is 14.3 Å². The first kappa shape index (κ1) is 13.7. The summed E-state index contributed by atoms with van der Waals surface area (Å²) >= 11 is 0. The molecule has 0 saturated carbocycles. The second kappa shape index (κ2) is 5.05. The van der Waals surface area contributed by atoms with Crippen LogP contribution in [0.15, 0.2) is 42.6 Å². The average molecular weight is 308 g/mol. The summed E-state index contributed by atoms with van der Waals surface area (Å²) in [6.45, 7) is 0. The molecule has 0 aliphatic carbocycles. The van der Waals surface area contributed by atoms with E-state index in [1.165, 1.54) is 0 Å². The Bertz CT molecular complexity index is 914. The molecular formula is C18H16N2O3. The van der Waals surface area contributed by atoms with E-state index in [1.807, 2.05) is 42.6 Å². The number of H-pyrrole nitrogens is 1. The molecule has 1 unspecified atom stereocenters. The molecule has 2 heterocycles. The van der Waals surface area contributed by atoms with E-state index in [9.17, 15) is 4.79 Å². The van der Waals surface area contributed by atoms with E-state index >= 15 is 0 Å². The number of ether oxygens (including phenoxy) is 2. The Balaban J connectivity index is 1.90. The maximum Gasteiger partial charge on any atom is 0.236 e. The zero-order chi connectivity index (χ0) is 16.0. The molecule has 23 heavy (non-hydrogen) atoms. The van der Waals surface area contributed by atoms with Gasteiger partial charge in [0, 0.05) is 22.8 Å². The molecule has 1 aliphatic rings. The predicted octanol–water partition coefficient (Wildman–Crippen LogP) is 3.27. The summed E-state index contributed by atoms with van der Waals surface area (Å²) in [5.74, 6) is 1.11. The van der Waals surface area contributed by atoms with Crippen molar-refractivity contribution in [1.82, 2.24) is 4.98 Å². The fourth-order valence-electron chi connectivity index (χ4n) is 3.16. The molecule has 0 spiro atoms.